The molecule has 0 heterocycles. The van der Waals surface area contributed by atoms with Gasteiger partial charge in [0.2, 0.25) is 0 Å². The van der Waals surface area contributed by atoms with Gasteiger partial charge in [-0.05, 0) is 52.4 Å². The molecule has 0 amide bonds. The van der Waals surface area contributed by atoms with Gasteiger partial charge in [-0.2, -0.15) is 0 Å². The second-order valence-corrected chi connectivity index (χ2v) is 5.03. The largest absolute Gasteiger partial charge is 0.397 e. The molecule has 0 saturated heterocycles. The van der Waals surface area contributed by atoms with E-state index in [1.54, 1.807) is 0 Å². The van der Waals surface area contributed by atoms with Gasteiger partial charge in [-0.15, -0.1) is 0 Å². The van der Waals surface area contributed by atoms with Crippen molar-refractivity contribution in [2.45, 2.75) is 32.7 Å². The van der Waals surface area contributed by atoms with Crippen LogP contribution < -0.4 is 11.1 Å². The first-order valence-corrected chi connectivity index (χ1v) is 6.61. The van der Waals surface area contributed by atoms with Gasteiger partial charge in [0.25, 0.3) is 0 Å². The zero-order valence-electron chi connectivity index (χ0n) is 11.8. The number of nitrogens with zero attached hydrogens (tertiary/aromatic N) is 1. The van der Waals surface area contributed by atoms with Crippen molar-refractivity contribution in [1.82, 2.24) is 4.90 Å². The highest BCUT2D eigenvalue weighted by molar-refractivity contribution is 5.66. The molecular formula is C14H23F2N3. The number of nitrogens with two attached hydrogens (primary N) is 1. The second-order valence-electron chi connectivity index (χ2n) is 5.03. The molecule has 5 heteroatoms. The lowest BCUT2D eigenvalue weighted by Gasteiger charge is -2.20. The Morgan fingerprint density at radius 2 is 1.95 bits per heavy atom. The van der Waals surface area contributed by atoms with Crippen molar-refractivity contribution in [2.24, 2.45) is 0 Å². The number of hydrogen-bond donors (Lipinski definition) is 2. The summed E-state index contributed by atoms with van der Waals surface area (Å²) in [6, 6.07) is 2.92. The quantitative estimate of drug-likeness (QED) is 0.591. The summed E-state index contributed by atoms with van der Waals surface area (Å²) in [6.07, 6.45) is 1.88. The number of rotatable bonds is 7. The van der Waals surface area contributed by atoms with Gasteiger partial charge in [-0.1, -0.05) is 0 Å². The fraction of sp³-hybridized carbons (Fsp3) is 0.571. The van der Waals surface area contributed by atoms with E-state index in [0.717, 1.165) is 25.5 Å². The van der Waals surface area contributed by atoms with Crippen LogP contribution >= 0.6 is 0 Å². The lowest BCUT2D eigenvalue weighted by Crippen LogP contribution is -2.27. The first-order valence-electron chi connectivity index (χ1n) is 6.61. The molecule has 0 aliphatic carbocycles. The summed E-state index contributed by atoms with van der Waals surface area (Å²) >= 11 is 0. The van der Waals surface area contributed by atoms with Gasteiger partial charge >= 0.3 is 0 Å². The van der Waals surface area contributed by atoms with E-state index in [0.29, 0.717) is 12.6 Å². The monoisotopic (exact) mass is 271 g/mol. The minimum Gasteiger partial charge on any atom is -0.397 e. The molecule has 0 unspecified atom stereocenters. The van der Waals surface area contributed by atoms with E-state index in [2.05, 4.69) is 31.1 Å². The Hall–Kier alpha value is -1.36. The number of anilines is 2. The van der Waals surface area contributed by atoms with Crippen LogP contribution in [-0.4, -0.2) is 31.1 Å². The summed E-state index contributed by atoms with van der Waals surface area (Å²) in [5.74, 6) is -1.78. The van der Waals surface area contributed by atoms with Gasteiger partial charge in [0.15, 0.2) is 11.6 Å². The van der Waals surface area contributed by atoms with E-state index in [1.807, 2.05) is 0 Å². The van der Waals surface area contributed by atoms with Crippen LogP contribution in [0.3, 0.4) is 0 Å². The summed E-state index contributed by atoms with van der Waals surface area (Å²) in [5, 5.41) is 2.87. The Bertz CT molecular complexity index is 408. The van der Waals surface area contributed by atoms with Crippen LogP contribution in [0.1, 0.15) is 26.7 Å². The molecule has 0 bridgehead atoms. The molecular weight excluding hydrogens is 248 g/mol. The maximum absolute atomic E-state index is 13.5. The highest BCUT2D eigenvalue weighted by atomic mass is 19.2. The number of nitrogen functional groups attached to an aromatic ring is 1. The Kier molecular flexibility index (Phi) is 6.02. The third-order valence-corrected chi connectivity index (χ3v) is 3.25. The van der Waals surface area contributed by atoms with Crippen LogP contribution in [0.15, 0.2) is 12.1 Å². The summed E-state index contributed by atoms with van der Waals surface area (Å²) in [7, 11) is 2.07. The minimum atomic E-state index is -0.903. The molecule has 1 aromatic rings. The molecule has 0 fully saturated rings. The number of halogens is 2. The molecule has 1 rings (SSSR count). The van der Waals surface area contributed by atoms with Crippen LogP contribution in [0.25, 0.3) is 0 Å². The predicted octanol–water partition coefficient (Wildman–Crippen LogP) is 3.08. The topological polar surface area (TPSA) is 41.3 Å². The van der Waals surface area contributed by atoms with Gasteiger partial charge in [-0.25, -0.2) is 8.78 Å². The zero-order valence-corrected chi connectivity index (χ0v) is 11.8. The normalized spacial score (nSPS) is 11.3. The van der Waals surface area contributed by atoms with Crippen LogP contribution in [0.2, 0.25) is 0 Å². The lowest BCUT2D eigenvalue weighted by molar-refractivity contribution is 0.269. The second kappa shape index (κ2) is 7.28. The molecule has 0 aliphatic heterocycles. The Balaban J connectivity index is 2.36. The smallest absolute Gasteiger partial charge is 0.183 e. The maximum Gasteiger partial charge on any atom is 0.183 e. The van der Waals surface area contributed by atoms with Gasteiger partial charge < -0.3 is 16.0 Å². The molecule has 0 saturated carbocycles. The Labute approximate surface area is 113 Å². The Morgan fingerprint density at radius 1 is 1.26 bits per heavy atom. The molecule has 108 valence electrons. The number of unbranched alkanes of at least 4 members (excludes halogenated alkanes) is 1. The number of hydrogen-bond acceptors (Lipinski definition) is 3. The van der Waals surface area contributed by atoms with E-state index in [-0.39, 0.29) is 11.4 Å². The Morgan fingerprint density at radius 3 is 2.58 bits per heavy atom. The van der Waals surface area contributed by atoms with Crippen LogP contribution in [0.4, 0.5) is 20.2 Å². The SMILES string of the molecule is CC(C)N(C)CCCCNc1c(N)ccc(F)c1F. The van der Waals surface area contributed by atoms with Gasteiger partial charge in [0.1, 0.15) is 0 Å². The zero-order chi connectivity index (χ0) is 14.4. The highest BCUT2D eigenvalue weighted by Crippen LogP contribution is 2.24. The lowest BCUT2D eigenvalue weighted by atomic mass is 10.2. The third-order valence-electron chi connectivity index (χ3n) is 3.25. The molecule has 0 radical (unpaired) electrons. The minimum absolute atomic E-state index is 0.0669. The molecule has 0 atom stereocenters. The number of nitrogens with one attached hydrogen (secondary N) is 1. The third kappa shape index (κ3) is 4.67. The van der Waals surface area contributed by atoms with Crippen molar-refractivity contribution >= 4 is 11.4 Å². The van der Waals surface area contributed by atoms with Crippen molar-refractivity contribution in [1.29, 1.82) is 0 Å². The van der Waals surface area contributed by atoms with Crippen molar-refractivity contribution < 1.29 is 8.78 Å². The van der Waals surface area contributed by atoms with E-state index in [1.165, 1.54) is 6.07 Å². The van der Waals surface area contributed by atoms with Crippen molar-refractivity contribution in [3.63, 3.8) is 0 Å². The standard InChI is InChI=1S/C14H23F2N3/c1-10(2)19(3)9-5-4-8-18-14-12(17)7-6-11(15)13(14)16/h6-7,10,18H,4-5,8-9,17H2,1-3H3. The van der Waals surface area contributed by atoms with Crippen molar-refractivity contribution in [3.8, 4) is 0 Å². The van der Waals surface area contributed by atoms with E-state index < -0.39 is 11.6 Å². The van der Waals surface area contributed by atoms with E-state index in [4.69, 9.17) is 5.73 Å². The molecule has 0 spiro atoms. The summed E-state index contributed by atoms with van der Waals surface area (Å²) < 4.78 is 26.5. The molecule has 0 aromatic heterocycles. The molecule has 3 N–H and O–H groups in total. The molecule has 3 nitrogen and oxygen atoms in total. The van der Waals surface area contributed by atoms with Crippen LogP contribution in [0.5, 0.6) is 0 Å². The highest BCUT2D eigenvalue weighted by Gasteiger charge is 2.11. The molecule has 0 aliphatic rings. The summed E-state index contributed by atoms with van der Waals surface area (Å²) in [6.45, 7) is 5.85. The van der Waals surface area contributed by atoms with Gasteiger partial charge in [0.05, 0.1) is 11.4 Å². The predicted molar refractivity (Wildman–Crippen MR) is 76.3 cm³/mol. The molecule has 1 aromatic carbocycles. The summed E-state index contributed by atoms with van der Waals surface area (Å²) in [5.41, 5.74) is 5.92. The van der Waals surface area contributed by atoms with Crippen molar-refractivity contribution in [3.05, 3.63) is 23.8 Å². The van der Waals surface area contributed by atoms with Gasteiger partial charge in [0, 0.05) is 12.6 Å². The average molecular weight is 271 g/mol. The fourth-order valence-electron chi connectivity index (χ4n) is 1.70. The first-order chi connectivity index (χ1) is 8.93. The van der Waals surface area contributed by atoms with Crippen LogP contribution in [-0.2, 0) is 0 Å². The number of benzene rings is 1. The van der Waals surface area contributed by atoms with Crippen LogP contribution in [0, 0.1) is 11.6 Å². The van der Waals surface area contributed by atoms with Crippen molar-refractivity contribution in [2.75, 3.05) is 31.2 Å². The average Bonchev–Trinajstić information content (AvgIpc) is 2.37. The van der Waals surface area contributed by atoms with E-state index in [9.17, 15) is 8.78 Å². The first kappa shape index (κ1) is 15.7. The van der Waals surface area contributed by atoms with E-state index >= 15 is 0 Å². The molecule has 19 heavy (non-hydrogen) atoms. The maximum atomic E-state index is 13.5. The fourth-order valence-corrected chi connectivity index (χ4v) is 1.70. The summed E-state index contributed by atoms with van der Waals surface area (Å²) in [4.78, 5) is 2.25. The van der Waals surface area contributed by atoms with Gasteiger partial charge in [-0.3, -0.25) is 0 Å².